The Kier molecular flexibility index (Phi) is 5.95. The molecule has 0 bridgehead atoms. The van der Waals surface area contributed by atoms with Crippen LogP contribution in [0.25, 0.3) is 0 Å². The first-order valence-corrected chi connectivity index (χ1v) is 7.86. The van der Waals surface area contributed by atoms with Crippen molar-refractivity contribution < 1.29 is 9.59 Å². The fourth-order valence-corrected chi connectivity index (χ4v) is 2.84. The largest absolute Gasteiger partial charge is 0.343 e. The van der Waals surface area contributed by atoms with Crippen LogP contribution in [0.3, 0.4) is 0 Å². The maximum atomic E-state index is 12.5. The standard InChI is InChI=1S/C17H25N3O2/c1-18-10-12-19(2)17(22)15-9-6-11-20(15)16(21)13-14-7-4-3-5-8-14/h3-5,7-8,15,18H,6,9-13H2,1-2H3. The van der Waals surface area contributed by atoms with E-state index in [1.165, 1.54) is 0 Å². The molecule has 0 aliphatic carbocycles. The number of hydrogen-bond acceptors (Lipinski definition) is 3. The van der Waals surface area contributed by atoms with Gasteiger partial charge >= 0.3 is 0 Å². The fourth-order valence-electron chi connectivity index (χ4n) is 2.84. The Labute approximate surface area is 132 Å². The summed E-state index contributed by atoms with van der Waals surface area (Å²) < 4.78 is 0. The molecule has 1 unspecified atom stereocenters. The molecule has 1 heterocycles. The second-order valence-corrected chi connectivity index (χ2v) is 5.77. The van der Waals surface area contributed by atoms with Crippen LogP contribution in [0.1, 0.15) is 18.4 Å². The average molecular weight is 303 g/mol. The van der Waals surface area contributed by atoms with Crippen molar-refractivity contribution in [2.45, 2.75) is 25.3 Å². The van der Waals surface area contributed by atoms with Gasteiger partial charge < -0.3 is 15.1 Å². The summed E-state index contributed by atoms with van der Waals surface area (Å²) >= 11 is 0. The number of amides is 2. The van der Waals surface area contributed by atoms with Crippen molar-refractivity contribution in [2.24, 2.45) is 0 Å². The molecule has 1 atom stereocenters. The quantitative estimate of drug-likeness (QED) is 0.849. The lowest BCUT2D eigenvalue weighted by Crippen LogP contribution is -2.48. The number of likely N-dealkylation sites (tertiary alicyclic amines) is 1. The molecule has 1 aliphatic rings. The van der Waals surface area contributed by atoms with Crippen molar-refractivity contribution in [3.8, 4) is 0 Å². The highest BCUT2D eigenvalue weighted by Gasteiger charge is 2.35. The van der Waals surface area contributed by atoms with Crippen LogP contribution in [0.4, 0.5) is 0 Å². The van der Waals surface area contributed by atoms with Gasteiger partial charge in [-0.1, -0.05) is 30.3 Å². The third kappa shape index (κ3) is 4.07. The van der Waals surface area contributed by atoms with E-state index in [-0.39, 0.29) is 17.9 Å². The zero-order valence-corrected chi connectivity index (χ0v) is 13.4. The molecule has 1 aliphatic heterocycles. The summed E-state index contributed by atoms with van der Waals surface area (Å²) in [6.45, 7) is 2.10. The van der Waals surface area contributed by atoms with E-state index < -0.39 is 0 Å². The molecule has 0 spiro atoms. The van der Waals surface area contributed by atoms with Crippen LogP contribution >= 0.6 is 0 Å². The molecular weight excluding hydrogens is 278 g/mol. The number of likely N-dealkylation sites (N-methyl/N-ethyl adjacent to an activating group) is 2. The monoisotopic (exact) mass is 303 g/mol. The lowest BCUT2D eigenvalue weighted by atomic mass is 10.1. The van der Waals surface area contributed by atoms with Crippen LogP contribution in [0.5, 0.6) is 0 Å². The van der Waals surface area contributed by atoms with E-state index in [9.17, 15) is 9.59 Å². The molecule has 120 valence electrons. The van der Waals surface area contributed by atoms with Crippen molar-refractivity contribution in [1.29, 1.82) is 0 Å². The number of nitrogens with zero attached hydrogens (tertiary/aromatic N) is 2. The molecule has 0 saturated carbocycles. The molecule has 1 N–H and O–H groups in total. The van der Waals surface area contributed by atoms with E-state index in [1.54, 1.807) is 16.8 Å². The molecular formula is C17H25N3O2. The third-order valence-corrected chi connectivity index (χ3v) is 4.13. The Morgan fingerprint density at radius 3 is 2.73 bits per heavy atom. The van der Waals surface area contributed by atoms with Crippen LogP contribution < -0.4 is 5.32 Å². The number of rotatable bonds is 6. The predicted octanol–water partition coefficient (Wildman–Crippen LogP) is 0.898. The first-order valence-electron chi connectivity index (χ1n) is 7.86. The normalized spacial score (nSPS) is 17.5. The minimum absolute atomic E-state index is 0.0454. The number of carbonyl (C=O) groups is 2. The SMILES string of the molecule is CNCCN(C)C(=O)C1CCCN1C(=O)Cc1ccccc1. The highest BCUT2D eigenvalue weighted by molar-refractivity contribution is 5.89. The van der Waals surface area contributed by atoms with Crippen molar-refractivity contribution in [1.82, 2.24) is 15.1 Å². The van der Waals surface area contributed by atoms with E-state index in [1.807, 2.05) is 37.4 Å². The lowest BCUT2D eigenvalue weighted by molar-refractivity contribution is -0.142. The van der Waals surface area contributed by atoms with Gasteiger partial charge in [0.25, 0.3) is 0 Å². The Bertz CT molecular complexity index is 504. The summed E-state index contributed by atoms with van der Waals surface area (Å²) in [6.07, 6.45) is 2.03. The number of carbonyl (C=O) groups excluding carboxylic acids is 2. The van der Waals surface area contributed by atoms with Gasteiger partial charge in [-0.25, -0.2) is 0 Å². The molecule has 0 aromatic heterocycles. The molecule has 1 fully saturated rings. The molecule has 1 aromatic carbocycles. The minimum Gasteiger partial charge on any atom is -0.343 e. The van der Waals surface area contributed by atoms with Crippen molar-refractivity contribution in [2.75, 3.05) is 33.7 Å². The fraction of sp³-hybridized carbons (Fsp3) is 0.529. The van der Waals surface area contributed by atoms with Gasteiger partial charge in [0.1, 0.15) is 6.04 Å². The summed E-state index contributed by atoms with van der Waals surface area (Å²) in [5, 5.41) is 3.04. The summed E-state index contributed by atoms with van der Waals surface area (Å²) in [7, 11) is 3.67. The van der Waals surface area contributed by atoms with Crippen molar-refractivity contribution >= 4 is 11.8 Å². The highest BCUT2D eigenvalue weighted by Crippen LogP contribution is 2.20. The van der Waals surface area contributed by atoms with Crippen LogP contribution in [0.2, 0.25) is 0 Å². The Morgan fingerprint density at radius 1 is 1.32 bits per heavy atom. The van der Waals surface area contributed by atoms with Gasteiger partial charge in [0.2, 0.25) is 11.8 Å². The zero-order valence-electron chi connectivity index (χ0n) is 13.4. The molecule has 22 heavy (non-hydrogen) atoms. The number of nitrogens with one attached hydrogen (secondary N) is 1. The molecule has 0 radical (unpaired) electrons. The van der Waals surface area contributed by atoms with Crippen molar-refractivity contribution in [3.63, 3.8) is 0 Å². The highest BCUT2D eigenvalue weighted by atomic mass is 16.2. The van der Waals surface area contributed by atoms with E-state index in [4.69, 9.17) is 0 Å². The van der Waals surface area contributed by atoms with Gasteiger partial charge in [-0.15, -0.1) is 0 Å². The van der Waals surface area contributed by atoms with E-state index in [0.29, 0.717) is 19.5 Å². The van der Waals surface area contributed by atoms with Crippen LogP contribution in [-0.2, 0) is 16.0 Å². The Hall–Kier alpha value is -1.88. The van der Waals surface area contributed by atoms with Gasteiger partial charge in [0, 0.05) is 26.7 Å². The minimum atomic E-state index is -0.293. The summed E-state index contributed by atoms with van der Waals surface area (Å²) in [6, 6.07) is 9.40. The molecule has 1 saturated heterocycles. The topological polar surface area (TPSA) is 52.7 Å². The van der Waals surface area contributed by atoms with Gasteiger partial charge in [-0.3, -0.25) is 9.59 Å². The van der Waals surface area contributed by atoms with Gasteiger partial charge in [-0.2, -0.15) is 0 Å². The van der Waals surface area contributed by atoms with Gasteiger partial charge in [0.05, 0.1) is 6.42 Å². The second-order valence-electron chi connectivity index (χ2n) is 5.77. The summed E-state index contributed by atoms with van der Waals surface area (Å²) in [5.41, 5.74) is 0.995. The lowest BCUT2D eigenvalue weighted by Gasteiger charge is -2.28. The predicted molar refractivity (Wildman–Crippen MR) is 86.4 cm³/mol. The summed E-state index contributed by atoms with van der Waals surface area (Å²) in [5.74, 6) is 0.0956. The smallest absolute Gasteiger partial charge is 0.245 e. The Morgan fingerprint density at radius 2 is 2.05 bits per heavy atom. The van der Waals surface area contributed by atoms with Gasteiger partial charge in [-0.05, 0) is 25.5 Å². The van der Waals surface area contributed by atoms with Crippen LogP contribution in [0, 0.1) is 0 Å². The van der Waals surface area contributed by atoms with Crippen LogP contribution in [-0.4, -0.2) is 61.4 Å². The molecule has 1 aromatic rings. The van der Waals surface area contributed by atoms with E-state index in [2.05, 4.69) is 5.32 Å². The zero-order chi connectivity index (χ0) is 15.9. The van der Waals surface area contributed by atoms with E-state index in [0.717, 1.165) is 24.9 Å². The van der Waals surface area contributed by atoms with Gasteiger partial charge in [0.15, 0.2) is 0 Å². The second kappa shape index (κ2) is 7.94. The van der Waals surface area contributed by atoms with Crippen molar-refractivity contribution in [3.05, 3.63) is 35.9 Å². The molecule has 2 rings (SSSR count). The summed E-state index contributed by atoms with van der Waals surface area (Å²) in [4.78, 5) is 28.5. The first kappa shape index (κ1) is 16.5. The average Bonchev–Trinajstić information content (AvgIpc) is 3.02. The first-order chi connectivity index (χ1) is 10.6. The number of hydrogen-bond donors (Lipinski definition) is 1. The molecule has 5 nitrogen and oxygen atoms in total. The molecule has 2 amide bonds. The third-order valence-electron chi connectivity index (χ3n) is 4.13. The maximum Gasteiger partial charge on any atom is 0.245 e. The maximum absolute atomic E-state index is 12.5. The number of benzene rings is 1. The van der Waals surface area contributed by atoms with E-state index >= 15 is 0 Å². The Balaban J connectivity index is 1.97. The van der Waals surface area contributed by atoms with Crippen LogP contribution in [0.15, 0.2) is 30.3 Å². The molecule has 5 heteroatoms.